The van der Waals surface area contributed by atoms with Gasteiger partial charge in [-0.25, -0.2) is 9.18 Å². The Morgan fingerprint density at radius 1 is 1.23 bits per heavy atom. The summed E-state index contributed by atoms with van der Waals surface area (Å²) in [4.78, 5) is 16.9. The maximum atomic E-state index is 14.1. The number of ether oxygens (including phenoxy) is 2. The van der Waals surface area contributed by atoms with Crippen LogP contribution in [-0.4, -0.2) is 68.4 Å². The summed E-state index contributed by atoms with van der Waals surface area (Å²) in [6, 6.07) is 4.77. The van der Waals surface area contributed by atoms with Crippen LogP contribution in [0, 0.1) is 5.82 Å². The van der Waals surface area contributed by atoms with Crippen molar-refractivity contribution in [3.8, 4) is 5.75 Å². The van der Waals surface area contributed by atoms with Crippen LogP contribution in [0.4, 0.5) is 14.9 Å². The first kappa shape index (κ1) is 18.9. The molecule has 0 aliphatic carbocycles. The largest absolute Gasteiger partial charge is 0.488 e. The predicted molar refractivity (Wildman–Crippen MR) is 98.2 cm³/mol. The van der Waals surface area contributed by atoms with Gasteiger partial charge in [0.05, 0.1) is 6.61 Å². The van der Waals surface area contributed by atoms with Gasteiger partial charge in [-0.2, -0.15) is 0 Å². The van der Waals surface area contributed by atoms with Crippen molar-refractivity contribution in [1.29, 1.82) is 0 Å². The summed E-state index contributed by atoms with van der Waals surface area (Å²) in [5.74, 6) is -0.334. The summed E-state index contributed by atoms with van der Waals surface area (Å²) in [5, 5.41) is 2.81. The minimum atomic E-state index is -0.493. The zero-order valence-electron chi connectivity index (χ0n) is 15.4. The Morgan fingerprint density at radius 3 is 2.77 bits per heavy atom. The van der Waals surface area contributed by atoms with E-state index in [1.807, 2.05) is 4.90 Å². The van der Waals surface area contributed by atoms with E-state index in [1.54, 1.807) is 13.2 Å². The normalized spacial score (nSPS) is 21.0. The first-order valence-corrected chi connectivity index (χ1v) is 9.38. The smallest absolute Gasteiger partial charge is 0.321 e. The Kier molecular flexibility index (Phi) is 6.68. The second kappa shape index (κ2) is 9.19. The highest BCUT2D eigenvalue weighted by Gasteiger charge is 2.29. The Hall–Kier alpha value is -1.86. The number of amides is 2. The van der Waals surface area contributed by atoms with Crippen molar-refractivity contribution in [2.75, 3.05) is 51.8 Å². The molecule has 0 aromatic heterocycles. The second-order valence-electron chi connectivity index (χ2n) is 6.90. The topological polar surface area (TPSA) is 54.0 Å². The van der Waals surface area contributed by atoms with Crippen LogP contribution >= 0.6 is 0 Å². The Morgan fingerprint density at radius 2 is 2.04 bits per heavy atom. The molecule has 0 unspecified atom stereocenters. The number of hydrogen-bond donors (Lipinski definition) is 1. The molecule has 1 aromatic rings. The maximum absolute atomic E-state index is 14.1. The Bertz CT molecular complexity index is 608. The van der Waals surface area contributed by atoms with Gasteiger partial charge in [-0.15, -0.1) is 0 Å². The quantitative estimate of drug-likeness (QED) is 0.788. The number of carbonyl (C=O) groups is 1. The SMILES string of the molecule is COCCOc1ccc(NC(=O)N2CCC[C@@H](N3CCCC3)C2)cc1F. The number of nitrogens with zero attached hydrogens (tertiary/aromatic N) is 2. The maximum Gasteiger partial charge on any atom is 0.321 e. The predicted octanol–water partition coefficient (Wildman–Crippen LogP) is 2.94. The molecule has 0 bridgehead atoms. The highest BCUT2D eigenvalue weighted by Crippen LogP contribution is 2.23. The fourth-order valence-electron chi connectivity index (χ4n) is 3.68. The van der Waals surface area contributed by atoms with Crippen molar-refractivity contribution in [2.45, 2.75) is 31.7 Å². The Balaban J connectivity index is 1.54. The van der Waals surface area contributed by atoms with E-state index in [9.17, 15) is 9.18 Å². The second-order valence-corrected chi connectivity index (χ2v) is 6.90. The van der Waals surface area contributed by atoms with Crippen molar-refractivity contribution in [3.05, 3.63) is 24.0 Å². The van der Waals surface area contributed by atoms with Crippen LogP contribution in [0.1, 0.15) is 25.7 Å². The molecule has 2 aliphatic rings. The van der Waals surface area contributed by atoms with Crippen LogP contribution in [0.3, 0.4) is 0 Å². The van der Waals surface area contributed by atoms with Gasteiger partial charge in [0, 0.05) is 38.0 Å². The lowest BCUT2D eigenvalue weighted by Gasteiger charge is -2.37. The van der Waals surface area contributed by atoms with E-state index >= 15 is 0 Å². The van der Waals surface area contributed by atoms with Crippen molar-refractivity contribution in [1.82, 2.24) is 9.80 Å². The first-order chi connectivity index (χ1) is 12.7. The summed E-state index contributed by atoms with van der Waals surface area (Å²) >= 11 is 0. The fraction of sp³-hybridized carbons (Fsp3) is 0.632. The minimum Gasteiger partial charge on any atom is -0.488 e. The third-order valence-corrected chi connectivity index (χ3v) is 5.07. The summed E-state index contributed by atoms with van der Waals surface area (Å²) in [6.07, 6.45) is 4.66. The van der Waals surface area contributed by atoms with Crippen molar-refractivity contribution in [3.63, 3.8) is 0 Å². The number of likely N-dealkylation sites (tertiary alicyclic amines) is 2. The lowest BCUT2D eigenvalue weighted by Crippen LogP contribution is -2.50. The van der Waals surface area contributed by atoms with Gasteiger partial charge < -0.3 is 19.7 Å². The number of hydrogen-bond acceptors (Lipinski definition) is 4. The number of rotatable bonds is 6. The van der Waals surface area contributed by atoms with E-state index in [1.165, 1.54) is 25.0 Å². The number of carbonyl (C=O) groups excluding carboxylic acids is 1. The molecule has 3 rings (SSSR count). The number of halogens is 1. The van der Waals surface area contributed by atoms with Crippen molar-refractivity contribution in [2.24, 2.45) is 0 Å². The molecule has 1 N–H and O–H groups in total. The van der Waals surface area contributed by atoms with Crippen LogP contribution in [-0.2, 0) is 4.74 Å². The van der Waals surface area contributed by atoms with Gasteiger partial charge in [-0.05, 0) is 50.9 Å². The molecule has 2 saturated heterocycles. The highest BCUT2D eigenvalue weighted by atomic mass is 19.1. The van der Waals surface area contributed by atoms with Crippen molar-refractivity contribution < 1.29 is 18.7 Å². The third-order valence-electron chi connectivity index (χ3n) is 5.07. The average molecular weight is 365 g/mol. The summed E-state index contributed by atoms with van der Waals surface area (Å²) < 4.78 is 24.3. The number of methoxy groups -OCH3 is 1. The standard InChI is InChI=1S/C19H28FN3O3/c1-25-11-12-26-18-7-6-15(13-17(18)20)21-19(24)23-10-4-5-16(14-23)22-8-2-3-9-22/h6-7,13,16H,2-5,8-12,14H2,1H3,(H,21,24)/t16-/m1/s1. The zero-order valence-corrected chi connectivity index (χ0v) is 15.4. The van der Waals surface area contributed by atoms with Crippen LogP contribution in [0.15, 0.2) is 18.2 Å². The van der Waals surface area contributed by atoms with E-state index in [0.29, 0.717) is 18.3 Å². The third kappa shape index (κ3) is 4.86. The van der Waals surface area contributed by atoms with Crippen LogP contribution in [0.2, 0.25) is 0 Å². The van der Waals surface area contributed by atoms with Crippen molar-refractivity contribution >= 4 is 11.7 Å². The van der Waals surface area contributed by atoms with Gasteiger partial charge in [-0.3, -0.25) is 4.90 Å². The van der Waals surface area contributed by atoms with Gasteiger partial charge in [0.25, 0.3) is 0 Å². The molecule has 1 aromatic carbocycles. The molecular weight excluding hydrogens is 337 g/mol. The fourth-order valence-corrected chi connectivity index (χ4v) is 3.68. The molecule has 2 fully saturated rings. The monoisotopic (exact) mass is 365 g/mol. The number of benzene rings is 1. The van der Waals surface area contributed by atoms with E-state index in [4.69, 9.17) is 9.47 Å². The van der Waals surface area contributed by atoms with Crippen LogP contribution in [0.5, 0.6) is 5.75 Å². The molecular formula is C19H28FN3O3. The van der Waals surface area contributed by atoms with Gasteiger partial charge in [-0.1, -0.05) is 0 Å². The lowest BCUT2D eigenvalue weighted by molar-refractivity contribution is 0.132. The molecule has 0 spiro atoms. The average Bonchev–Trinajstić information content (AvgIpc) is 3.18. The summed E-state index contributed by atoms with van der Waals surface area (Å²) in [6.45, 7) is 4.44. The summed E-state index contributed by atoms with van der Waals surface area (Å²) in [7, 11) is 1.56. The number of nitrogens with one attached hydrogen (secondary N) is 1. The molecule has 144 valence electrons. The van der Waals surface area contributed by atoms with Gasteiger partial charge >= 0.3 is 6.03 Å². The molecule has 26 heavy (non-hydrogen) atoms. The van der Waals surface area contributed by atoms with Gasteiger partial charge in [0.15, 0.2) is 11.6 Å². The molecule has 1 atom stereocenters. The van der Waals surface area contributed by atoms with Crippen LogP contribution < -0.4 is 10.1 Å². The van der Waals surface area contributed by atoms with Gasteiger partial charge in [0.1, 0.15) is 6.61 Å². The first-order valence-electron chi connectivity index (χ1n) is 9.38. The molecule has 2 aliphatic heterocycles. The molecule has 7 heteroatoms. The van der Waals surface area contributed by atoms with E-state index in [2.05, 4.69) is 10.2 Å². The number of urea groups is 1. The van der Waals surface area contributed by atoms with E-state index in [0.717, 1.165) is 39.0 Å². The molecule has 0 saturated carbocycles. The number of anilines is 1. The highest BCUT2D eigenvalue weighted by molar-refractivity contribution is 5.89. The molecule has 2 heterocycles. The minimum absolute atomic E-state index is 0.159. The van der Waals surface area contributed by atoms with Crippen LogP contribution in [0.25, 0.3) is 0 Å². The Labute approximate surface area is 154 Å². The molecule has 6 nitrogen and oxygen atoms in total. The molecule has 2 amide bonds. The summed E-state index contributed by atoms with van der Waals surface area (Å²) in [5.41, 5.74) is 0.440. The van der Waals surface area contributed by atoms with E-state index < -0.39 is 5.82 Å². The van der Waals surface area contributed by atoms with Gasteiger partial charge in [0.2, 0.25) is 0 Å². The van der Waals surface area contributed by atoms with E-state index in [-0.39, 0.29) is 18.4 Å². The molecule has 0 radical (unpaired) electrons. The zero-order chi connectivity index (χ0) is 18.4. The lowest BCUT2D eigenvalue weighted by atomic mass is 10.0. The number of piperidine rings is 1.